The Hall–Kier alpha value is -2.32. The summed E-state index contributed by atoms with van der Waals surface area (Å²) in [5.74, 6) is 0.532. The number of pyridine rings is 1. The molecule has 2 aromatic heterocycles. The monoisotopic (exact) mass is 357 g/mol. The van der Waals surface area contributed by atoms with Gasteiger partial charge in [-0.2, -0.15) is 0 Å². The molecule has 2 aliphatic rings. The third kappa shape index (κ3) is 3.61. The number of hydrogen-bond donors (Lipinski definition) is 0. The first-order valence-electron chi connectivity index (χ1n) is 8.95. The van der Waals surface area contributed by atoms with Crippen molar-refractivity contribution in [1.82, 2.24) is 24.6 Å². The molecule has 138 valence electrons. The molecule has 0 spiro atoms. The summed E-state index contributed by atoms with van der Waals surface area (Å²) in [4.78, 5) is 22.7. The van der Waals surface area contributed by atoms with E-state index in [1.165, 1.54) is 0 Å². The van der Waals surface area contributed by atoms with Crippen LogP contribution in [-0.2, 0) is 23.1 Å². The van der Waals surface area contributed by atoms with Crippen LogP contribution >= 0.6 is 0 Å². The second-order valence-electron chi connectivity index (χ2n) is 6.93. The van der Waals surface area contributed by atoms with Gasteiger partial charge in [0.15, 0.2) is 0 Å². The smallest absolute Gasteiger partial charge is 0.293 e. The number of rotatable bonds is 5. The molecule has 0 N–H and O–H groups in total. The fourth-order valence-corrected chi connectivity index (χ4v) is 3.83. The Kier molecular flexibility index (Phi) is 4.94. The van der Waals surface area contributed by atoms with Gasteiger partial charge in [-0.3, -0.25) is 14.5 Å². The molecule has 26 heavy (non-hydrogen) atoms. The molecule has 0 radical (unpaired) electrons. The second kappa shape index (κ2) is 7.51. The molecular weight excluding hydrogens is 334 g/mol. The number of nitrogens with zero attached hydrogens (tertiary/aromatic N) is 5. The average molecular weight is 357 g/mol. The van der Waals surface area contributed by atoms with E-state index in [9.17, 15) is 4.79 Å². The van der Waals surface area contributed by atoms with Crippen molar-refractivity contribution in [2.75, 3.05) is 19.8 Å². The molecule has 0 unspecified atom stereocenters. The Labute approximate surface area is 152 Å². The normalized spacial score (nSPS) is 25.3. The average Bonchev–Trinajstić information content (AvgIpc) is 3.27. The van der Waals surface area contributed by atoms with Crippen molar-refractivity contribution in [2.24, 2.45) is 13.0 Å². The maximum Gasteiger partial charge on any atom is 0.293 e. The number of aromatic nitrogens is 4. The SMILES string of the molecule is Cn1cnc(C(=O)N2CCO[C@@H]3C[C@H](COCc4ccncc4)C[C@H]32)n1. The lowest BCUT2D eigenvalue weighted by Gasteiger charge is -2.36. The number of morpholine rings is 1. The number of amides is 1. The topological polar surface area (TPSA) is 82.4 Å². The molecule has 1 saturated heterocycles. The first-order valence-corrected chi connectivity index (χ1v) is 8.95. The van der Waals surface area contributed by atoms with Crippen LogP contribution in [0.2, 0.25) is 0 Å². The Morgan fingerprint density at radius 1 is 1.35 bits per heavy atom. The fraction of sp³-hybridized carbons (Fsp3) is 0.556. The minimum absolute atomic E-state index is 0.0749. The van der Waals surface area contributed by atoms with E-state index in [0.29, 0.717) is 32.3 Å². The first-order chi connectivity index (χ1) is 12.7. The molecule has 1 aliphatic carbocycles. The van der Waals surface area contributed by atoms with Gasteiger partial charge in [-0.1, -0.05) is 0 Å². The number of hydrogen-bond acceptors (Lipinski definition) is 6. The highest BCUT2D eigenvalue weighted by atomic mass is 16.5. The second-order valence-corrected chi connectivity index (χ2v) is 6.93. The molecule has 0 bridgehead atoms. The third-order valence-corrected chi connectivity index (χ3v) is 5.06. The molecule has 1 aliphatic heterocycles. The van der Waals surface area contributed by atoms with E-state index in [-0.39, 0.29) is 23.9 Å². The third-order valence-electron chi connectivity index (χ3n) is 5.06. The summed E-state index contributed by atoms with van der Waals surface area (Å²) in [6.45, 7) is 2.39. The minimum atomic E-state index is -0.109. The van der Waals surface area contributed by atoms with Gasteiger partial charge in [0.05, 0.1) is 32.0 Å². The van der Waals surface area contributed by atoms with Gasteiger partial charge in [0.2, 0.25) is 5.82 Å². The number of carbonyl (C=O) groups excluding carboxylic acids is 1. The molecule has 8 heteroatoms. The predicted octanol–water partition coefficient (Wildman–Crippen LogP) is 1.05. The molecule has 3 atom stereocenters. The molecule has 1 saturated carbocycles. The van der Waals surface area contributed by atoms with E-state index in [0.717, 1.165) is 18.4 Å². The van der Waals surface area contributed by atoms with Gasteiger partial charge in [0.1, 0.15) is 6.33 Å². The van der Waals surface area contributed by atoms with Gasteiger partial charge in [-0.15, -0.1) is 5.10 Å². The lowest BCUT2D eigenvalue weighted by atomic mass is 10.1. The Morgan fingerprint density at radius 2 is 2.19 bits per heavy atom. The van der Waals surface area contributed by atoms with Crippen LogP contribution in [0.3, 0.4) is 0 Å². The van der Waals surface area contributed by atoms with Crippen LogP contribution in [0.15, 0.2) is 30.9 Å². The summed E-state index contributed by atoms with van der Waals surface area (Å²) in [5.41, 5.74) is 1.12. The van der Waals surface area contributed by atoms with Crippen LogP contribution in [0.25, 0.3) is 0 Å². The van der Waals surface area contributed by atoms with Gasteiger partial charge in [-0.25, -0.2) is 4.98 Å². The maximum atomic E-state index is 12.8. The van der Waals surface area contributed by atoms with Crippen molar-refractivity contribution in [3.05, 3.63) is 42.2 Å². The molecule has 2 fully saturated rings. The van der Waals surface area contributed by atoms with Crippen molar-refractivity contribution in [1.29, 1.82) is 0 Å². The molecule has 2 aromatic rings. The molecule has 4 rings (SSSR count). The van der Waals surface area contributed by atoms with E-state index >= 15 is 0 Å². The van der Waals surface area contributed by atoms with Crippen molar-refractivity contribution in [2.45, 2.75) is 31.6 Å². The standard InChI is InChI=1S/C18H23N5O3/c1-22-12-20-17(21-22)18(24)23-6-7-26-16-9-14(8-15(16)23)11-25-10-13-2-4-19-5-3-13/h2-5,12,14-16H,6-11H2,1H3/t14-,15-,16-/m1/s1. The number of ether oxygens (including phenoxy) is 2. The molecule has 1 amide bonds. The van der Waals surface area contributed by atoms with Gasteiger partial charge in [-0.05, 0) is 36.5 Å². The van der Waals surface area contributed by atoms with E-state index in [2.05, 4.69) is 15.1 Å². The van der Waals surface area contributed by atoms with Crippen molar-refractivity contribution in [3.63, 3.8) is 0 Å². The van der Waals surface area contributed by atoms with E-state index in [4.69, 9.17) is 9.47 Å². The zero-order valence-electron chi connectivity index (χ0n) is 14.8. The summed E-state index contributed by atoms with van der Waals surface area (Å²) >= 11 is 0. The van der Waals surface area contributed by atoms with Gasteiger partial charge >= 0.3 is 0 Å². The summed E-state index contributed by atoms with van der Waals surface area (Å²) in [6, 6.07) is 3.99. The highest BCUT2D eigenvalue weighted by molar-refractivity contribution is 5.90. The molecule has 3 heterocycles. The van der Waals surface area contributed by atoms with Crippen molar-refractivity contribution < 1.29 is 14.3 Å². The van der Waals surface area contributed by atoms with Crippen LogP contribution in [0, 0.1) is 5.92 Å². The molecular formula is C18H23N5O3. The molecule has 0 aromatic carbocycles. The van der Waals surface area contributed by atoms with Crippen molar-refractivity contribution in [3.8, 4) is 0 Å². The highest BCUT2D eigenvalue weighted by Crippen LogP contribution is 2.35. The highest BCUT2D eigenvalue weighted by Gasteiger charge is 2.43. The largest absolute Gasteiger partial charge is 0.376 e. The van der Waals surface area contributed by atoms with Crippen LogP contribution in [0.5, 0.6) is 0 Å². The summed E-state index contributed by atoms with van der Waals surface area (Å²) < 4.78 is 13.3. The Morgan fingerprint density at radius 3 is 2.96 bits per heavy atom. The Bertz CT molecular complexity index is 750. The minimum Gasteiger partial charge on any atom is -0.376 e. The van der Waals surface area contributed by atoms with Crippen molar-refractivity contribution >= 4 is 5.91 Å². The Balaban J connectivity index is 1.34. The zero-order valence-corrected chi connectivity index (χ0v) is 14.8. The maximum absolute atomic E-state index is 12.8. The first kappa shape index (κ1) is 17.1. The lowest BCUT2D eigenvalue weighted by Crippen LogP contribution is -2.51. The zero-order chi connectivity index (χ0) is 17.9. The van der Waals surface area contributed by atoms with E-state index < -0.39 is 0 Å². The fourth-order valence-electron chi connectivity index (χ4n) is 3.83. The lowest BCUT2D eigenvalue weighted by molar-refractivity contribution is -0.0454. The predicted molar refractivity (Wildman–Crippen MR) is 92.2 cm³/mol. The van der Waals surface area contributed by atoms with Gasteiger partial charge < -0.3 is 14.4 Å². The van der Waals surface area contributed by atoms with E-state index in [1.807, 2.05) is 17.0 Å². The van der Waals surface area contributed by atoms with E-state index in [1.54, 1.807) is 30.5 Å². The summed E-state index contributed by atoms with van der Waals surface area (Å²) in [6.07, 6.45) is 6.97. The number of carbonyl (C=O) groups is 1. The van der Waals surface area contributed by atoms with Gasteiger partial charge in [0.25, 0.3) is 5.91 Å². The number of aryl methyl sites for hydroxylation is 1. The summed E-state index contributed by atoms with van der Waals surface area (Å²) in [7, 11) is 1.76. The van der Waals surface area contributed by atoms with Crippen LogP contribution in [-0.4, -0.2) is 62.5 Å². The van der Waals surface area contributed by atoms with Crippen LogP contribution in [0.4, 0.5) is 0 Å². The van der Waals surface area contributed by atoms with Crippen LogP contribution in [0.1, 0.15) is 29.0 Å². The quantitative estimate of drug-likeness (QED) is 0.795. The van der Waals surface area contributed by atoms with Crippen LogP contribution < -0.4 is 0 Å². The van der Waals surface area contributed by atoms with Gasteiger partial charge in [0, 0.05) is 26.0 Å². The number of fused-ring (bicyclic) bond motifs is 1. The summed E-state index contributed by atoms with van der Waals surface area (Å²) in [5, 5.41) is 4.15. The molecule has 8 nitrogen and oxygen atoms in total.